The fourth-order valence-electron chi connectivity index (χ4n) is 2.53. The van der Waals surface area contributed by atoms with Crippen LogP contribution in [0.3, 0.4) is 0 Å². The molecule has 1 radical (unpaired) electrons. The summed E-state index contributed by atoms with van der Waals surface area (Å²) in [5.74, 6) is 0.289. The number of benzene rings is 2. The molecule has 0 aromatic heterocycles. The number of rotatable bonds is 1. The Balaban J connectivity index is 2.00. The number of hydrogen-bond donors (Lipinski definition) is 0. The van der Waals surface area contributed by atoms with Crippen LogP contribution in [0.25, 0.3) is 0 Å². The number of carbonyl (C=O) groups excluding carboxylic acids is 1. The molecule has 0 spiro atoms. The summed E-state index contributed by atoms with van der Waals surface area (Å²) >= 11 is 0. The average molecular weight is 221 g/mol. The minimum Gasteiger partial charge on any atom is -0.293 e. The molecule has 1 aliphatic carbocycles. The van der Waals surface area contributed by atoms with Gasteiger partial charge in [0.15, 0.2) is 5.78 Å². The van der Waals surface area contributed by atoms with Crippen LogP contribution in [0.4, 0.5) is 0 Å². The van der Waals surface area contributed by atoms with E-state index in [-0.39, 0.29) is 11.7 Å². The van der Waals surface area contributed by atoms with Gasteiger partial charge in [0.1, 0.15) is 0 Å². The topological polar surface area (TPSA) is 17.1 Å². The first kappa shape index (κ1) is 10.3. The molecule has 0 saturated heterocycles. The number of hydrogen-bond acceptors (Lipinski definition) is 1. The van der Waals surface area contributed by atoms with Crippen molar-refractivity contribution in [1.82, 2.24) is 0 Å². The maximum absolute atomic E-state index is 12.4. The van der Waals surface area contributed by atoms with Gasteiger partial charge >= 0.3 is 0 Å². The van der Waals surface area contributed by atoms with Gasteiger partial charge in [-0.1, -0.05) is 48.5 Å². The Labute approximate surface area is 101 Å². The van der Waals surface area contributed by atoms with Crippen LogP contribution in [-0.4, -0.2) is 5.78 Å². The summed E-state index contributed by atoms with van der Waals surface area (Å²) in [6, 6.07) is 18.8. The Kier molecular flexibility index (Phi) is 2.52. The fourth-order valence-corrected chi connectivity index (χ4v) is 2.53. The zero-order chi connectivity index (χ0) is 11.7. The number of Topliss-reactive ketones (excluding diaryl/α,β-unsaturated/α-hetero) is 1. The first-order chi connectivity index (χ1) is 8.36. The van der Waals surface area contributed by atoms with Crippen molar-refractivity contribution < 1.29 is 4.79 Å². The van der Waals surface area contributed by atoms with E-state index in [0.717, 1.165) is 29.5 Å². The normalized spacial score (nSPS) is 18.8. The molecule has 1 nitrogen and oxygen atoms in total. The van der Waals surface area contributed by atoms with Crippen LogP contribution in [0.15, 0.2) is 48.5 Å². The fraction of sp³-hybridized carbons (Fsp3) is 0.188. The van der Waals surface area contributed by atoms with Crippen molar-refractivity contribution in [2.75, 3.05) is 0 Å². The van der Waals surface area contributed by atoms with E-state index < -0.39 is 0 Å². The molecule has 0 amide bonds. The molecule has 0 aliphatic heterocycles. The lowest BCUT2D eigenvalue weighted by Gasteiger charge is -2.23. The minimum atomic E-state index is 0.0334. The second-order valence-corrected chi connectivity index (χ2v) is 4.45. The third-order valence-electron chi connectivity index (χ3n) is 3.44. The standard InChI is InChI=1S/C16H13O/c17-16-14-9-5-4-8-13(14)10-11-15(16)12-6-2-1-3-7-12/h1-3,5-9,15H,10-11H2/t15-/m0/s1. The molecule has 0 saturated carbocycles. The summed E-state index contributed by atoms with van der Waals surface area (Å²) in [6.45, 7) is 0. The molecule has 83 valence electrons. The quantitative estimate of drug-likeness (QED) is 0.721. The number of ketones is 1. The highest BCUT2D eigenvalue weighted by molar-refractivity contribution is 6.03. The number of carbonyl (C=O) groups is 1. The van der Waals surface area contributed by atoms with Gasteiger partial charge in [-0.15, -0.1) is 0 Å². The van der Waals surface area contributed by atoms with E-state index in [2.05, 4.69) is 6.07 Å². The Morgan fingerprint density at radius 1 is 1.12 bits per heavy atom. The maximum atomic E-state index is 12.4. The van der Waals surface area contributed by atoms with E-state index in [1.165, 1.54) is 0 Å². The van der Waals surface area contributed by atoms with E-state index in [9.17, 15) is 4.79 Å². The Bertz CT molecular complexity index is 542. The summed E-state index contributed by atoms with van der Waals surface area (Å²) in [5.41, 5.74) is 3.16. The summed E-state index contributed by atoms with van der Waals surface area (Å²) in [5, 5.41) is 0. The monoisotopic (exact) mass is 221 g/mol. The van der Waals surface area contributed by atoms with E-state index in [0.29, 0.717) is 0 Å². The highest BCUT2D eigenvalue weighted by Crippen LogP contribution is 2.32. The van der Waals surface area contributed by atoms with Crippen LogP contribution >= 0.6 is 0 Å². The van der Waals surface area contributed by atoms with Crippen molar-refractivity contribution in [3.05, 3.63) is 71.3 Å². The number of fused-ring (bicyclic) bond motifs is 1. The maximum Gasteiger partial charge on any atom is 0.170 e. The van der Waals surface area contributed by atoms with Crippen molar-refractivity contribution in [3.8, 4) is 0 Å². The van der Waals surface area contributed by atoms with Crippen LogP contribution in [0.5, 0.6) is 0 Å². The number of aryl methyl sites for hydroxylation is 1. The van der Waals surface area contributed by atoms with Gasteiger partial charge in [-0.05, 0) is 30.0 Å². The summed E-state index contributed by atoms with van der Waals surface area (Å²) < 4.78 is 0. The van der Waals surface area contributed by atoms with Crippen LogP contribution in [0.2, 0.25) is 0 Å². The van der Waals surface area contributed by atoms with Gasteiger partial charge in [0.2, 0.25) is 0 Å². The lowest BCUT2D eigenvalue weighted by molar-refractivity contribution is 0.0946. The molecule has 2 aromatic rings. The molecule has 3 rings (SSSR count). The molecule has 0 heterocycles. The third-order valence-corrected chi connectivity index (χ3v) is 3.44. The van der Waals surface area contributed by atoms with Gasteiger partial charge in [-0.25, -0.2) is 0 Å². The van der Waals surface area contributed by atoms with Gasteiger partial charge < -0.3 is 0 Å². The zero-order valence-electron chi connectivity index (χ0n) is 9.52. The van der Waals surface area contributed by atoms with Crippen molar-refractivity contribution in [1.29, 1.82) is 0 Å². The van der Waals surface area contributed by atoms with Crippen molar-refractivity contribution >= 4 is 5.78 Å². The molecule has 0 bridgehead atoms. The van der Waals surface area contributed by atoms with Crippen LogP contribution in [0, 0.1) is 6.07 Å². The first-order valence-corrected chi connectivity index (χ1v) is 5.94. The molecule has 0 fully saturated rings. The van der Waals surface area contributed by atoms with Gasteiger partial charge in [0.05, 0.1) is 0 Å². The highest BCUT2D eigenvalue weighted by atomic mass is 16.1. The van der Waals surface area contributed by atoms with Crippen molar-refractivity contribution in [2.45, 2.75) is 18.8 Å². The van der Waals surface area contributed by atoms with E-state index in [4.69, 9.17) is 0 Å². The predicted octanol–water partition coefficient (Wildman–Crippen LogP) is 3.40. The van der Waals surface area contributed by atoms with E-state index in [1.807, 2.05) is 48.5 Å². The molecule has 0 N–H and O–H groups in total. The Hall–Kier alpha value is -1.89. The lowest BCUT2D eigenvalue weighted by atomic mass is 9.79. The second-order valence-electron chi connectivity index (χ2n) is 4.45. The van der Waals surface area contributed by atoms with E-state index >= 15 is 0 Å². The second kappa shape index (κ2) is 4.17. The Morgan fingerprint density at radius 2 is 1.94 bits per heavy atom. The molecule has 0 unspecified atom stereocenters. The molecule has 1 heteroatoms. The molecule has 1 aliphatic rings. The molecular weight excluding hydrogens is 208 g/mol. The average Bonchev–Trinajstić information content (AvgIpc) is 2.40. The molecular formula is C16H13O. The van der Waals surface area contributed by atoms with Gasteiger partial charge in [0.25, 0.3) is 0 Å². The summed E-state index contributed by atoms with van der Waals surface area (Å²) in [7, 11) is 0. The zero-order valence-corrected chi connectivity index (χ0v) is 9.52. The van der Waals surface area contributed by atoms with Crippen molar-refractivity contribution in [2.24, 2.45) is 0 Å². The van der Waals surface area contributed by atoms with Gasteiger partial charge in [0, 0.05) is 11.5 Å². The van der Waals surface area contributed by atoms with Crippen LogP contribution in [0.1, 0.15) is 33.8 Å². The van der Waals surface area contributed by atoms with E-state index in [1.54, 1.807) is 0 Å². The van der Waals surface area contributed by atoms with Gasteiger partial charge in [-0.2, -0.15) is 0 Å². The van der Waals surface area contributed by atoms with Gasteiger partial charge in [-0.3, -0.25) is 4.79 Å². The molecule has 2 aromatic carbocycles. The SMILES string of the molecule is O=C1c2cc[c]cc2CC[C@H]1c1ccccc1. The summed E-state index contributed by atoms with van der Waals surface area (Å²) in [6.07, 6.45) is 1.88. The summed E-state index contributed by atoms with van der Waals surface area (Å²) in [4.78, 5) is 12.4. The first-order valence-electron chi connectivity index (χ1n) is 5.94. The van der Waals surface area contributed by atoms with Crippen LogP contribution < -0.4 is 0 Å². The highest BCUT2D eigenvalue weighted by Gasteiger charge is 2.27. The van der Waals surface area contributed by atoms with Crippen molar-refractivity contribution in [3.63, 3.8) is 0 Å². The minimum absolute atomic E-state index is 0.0334. The van der Waals surface area contributed by atoms with Crippen LogP contribution in [-0.2, 0) is 6.42 Å². The smallest absolute Gasteiger partial charge is 0.170 e. The molecule has 17 heavy (non-hydrogen) atoms. The predicted molar refractivity (Wildman–Crippen MR) is 67.1 cm³/mol. The molecule has 1 atom stereocenters. The Morgan fingerprint density at radius 3 is 2.76 bits per heavy atom. The largest absolute Gasteiger partial charge is 0.293 e. The lowest BCUT2D eigenvalue weighted by Crippen LogP contribution is -2.20. The third kappa shape index (κ3) is 1.78.